The van der Waals surface area contributed by atoms with Gasteiger partial charge in [-0.25, -0.2) is 0 Å². The highest BCUT2D eigenvalue weighted by Gasteiger charge is 2.56. The summed E-state index contributed by atoms with van der Waals surface area (Å²) in [5.74, 6) is 1.46. The number of ether oxygens (including phenoxy) is 2. The van der Waals surface area contributed by atoms with E-state index in [9.17, 15) is 4.79 Å². The van der Waals surface area contributed by atoms with Gasteiger partial charge >= 0.3 is 0 Å². The summed E-state index contributed by atoms with van der Waals surface area (Å²) in [6.45, 7) is 3.70. The summed E-state index contributed by atoms with van der Waals surface area (Å²) in [5, 5.41) is 0.830. The zero-order valence-electron chi connectivity index (χ0n) is 19.6. The molecule has 1 aromatic rings. The van der Waals surface area contributed by atoms with E-state index in [1.807, 2.05) is 11.8 Å². The number of benzene rings is 1. The van der Waals surface area contributed by atoms with Gasteiger partial charge in [-0.3, -0.25) is 4.79 Å². The highest BCUT2D eigenvalue weighted by atomic mass is 32.2. The molecule has 4 fully saturated rings. The number of carbonyl (C=O) groups is 1. The van der Waals surface area contributed by atoms with Gasteiger partial charge in [0.1, 0.15) is 5.78 Å². The Bertz CT molecular complexity index is 1040. The highest BCUT2D eigenvalue weighted by molar-refractivity contribution is 8.00. The molecule has 1 spiro atoms. The van der Waals surface area contributed by atoms with Gasteiger partial charge in [-0.1, -0.05) is 24.6 Å². The second kappa shape index (κ2) is 7.57. The molecular weight excluding hydrogens is 428 g/mol. The van der Waals surface area contributed by atoms with Crippen LogP contribution in [0.4, 0.5) is 0 Å². The summed E-state index contributed by atoms with van der Waals surface area (Å²) in [5.41, 5.74) is 5.97. The smallest absolute Gasteiger partial charge is 0.188 e. The molecule has 3 unspecified atom stereocenters. The quantitative estimate of drug-likeness (QED) is 0.508. The summed E-state index contributed by atoms with van der Waals surface area (Å²) in [4.78, 5) is 14.5. The molecule has 0 radical (unpaired) electrons. The lowest BCUT2D eigenvalue weighted by atomic mass is 9.53. The molecule has 1 aliphatic heterocycles. The minimum Gasteiger partial charge on any atom is -0.344 e. The van der Waals surface area contributed by atoms with Gasteiger partial charge in [-0.2, -0.15) is 0 Å². The molecule has 7 rings (SSSR count). The summed E-state index contributed by atoms with van der Waals surface area (Å²) >= 11 is 2.03. The molecule has 3 saturated carbocycles. The Labute approximate surface area is 201 Å². The molecule has 5 aliphatic carbocycles. The standard InChI is InChI=1S/C29H34O3S/c1-28-17-24(18-2-5-20(6-3-18)33-21-7-8-21)27-22-12-13-29(31-14-15-32-29)16-19(22)4-9-23(27)25(28)10-11-26(28)30/h2-3,5-6,16,21,23-25H,4,7-15,17H2,1H3/t23?,24?,25?,28-/m0/s1. The van der Waals surface area contributed by atoms with Gasteiger partial charge in [0.15, 0.2) is 5.79 Å². The Morgan fingerprint density at radius 2 is 1.76 bits per heavy atom. The van der Waals surface area contributed by atoms with Gasteiger partial charge in [-0.05, 0) is 91.7 Å². The number of hydrogen-bond donors (Lipinski definition) is 0. The first kappa shape index (κ1) is 21.0. The van der Waals surface area contributed by atoms with Crippen molar-refractivity contribution in [1.82, 2.24) is 0 Å². The Kier molecular flexibility index (Phi) is 4.81. The maximum absolute atomic E-state index is 13.2. The molecule has 1 saturated heterocycles. The van der Waals surface area contributed by atoms with E-state index < -0.39 is 5.79 Å². The molecule has 4 heteroatoms. The molecule has 33 heavy (non-hydrogen) atoms. The van der Waals surface area contributed by atoms with E-state index >= 15 is 0 Å². The van der Waals surface area contributed by atoms with E-state index in [-0.39, 0.29) is 5.41 Å². The van der Waals surface area contributed by atoms with Crippen LogP contribution in [0, 0.1) is 17.3 Å². The number of hydrogen-bond acceptors (Lipinski definition) is 4. The minimum absolute atomic E-state index is 0.157. The van der Waals surface area contributed by atoms with Gasteiger partial charge in [0.25, 0.3) is 0 Å². The fraction of sp³-hybridized carbons (Fsp3) is 0.621. The predicted octanol–water partition coefficient (Wildman–Crippen LogP) is 6.58. The van der Waals surface area contributed by atoms with Gasteiger partial charge in [0, 0.05) is 34.3 Å². The molecule has 1 aromatic carbocycles. The number of allylic oxidation sites excluding steroid dienone is 3. The first-order valence-electron chi connectivity index (χ1n) is 13.1. The Balaban J connectivity index is 1.31. The summed E-state index contributed by atoms with van der Waals surface area (Å²) in [7, 11) is 0. The van der Waals surface area contributed by atoms with E-state index in [4.69, 9.17) is 9.47 Å². The molecule has 174 valence electrons. The second-order valence-corrected chi connectivity index (χ2v) is 12.8. The lowest BCUT2D eigenvalue weighted by Crippen LogP contribution is -2.44. The van der Waals surface area contributed by atoms with Crippen molar-refractivity contribution in [2.75, 3.05) is 13.2 Å². The maximum atomic E-state index is 13.2. The predicted molar refractivity (Wildman–Crippen MR) is 130 cm³/mol. The fourth-order valence-corrected chi connectivity index (χ4v) is 8.76. The molecule has 0 N–H and O–H groups in total. The van der Waals surface area contributed by atoms with Crippen molar-refractivity contribution in [3.8, 4) is 0 Å². The monoisotopic (exact) mass is 462 g/mol. The van der Waals surface area contributed by atoms with Crippen LogP contribution in [0.15, 0.2) is 52.0 Å². The number of thioether (sulfide) groups is 1. The normalized spacial score (nSPS) is 37.1. The van der Waals surface area contributed by atoms with Crippen molar-refractivity contribution >= 4 is 17.5 Å². The van der Waals surface area contributed by atoms with Gasteiger partial charge in [0.2, 0.25) is 0 Å². The van der Waals surface area contributed by atoms with Crippen molar-refractivity contribution in [2.45, 2.75) is 86.6 Å². The first-order valence-corrected chi connectivity index (χ1v) is 14.0. The van der Waals surface area contributed by atoms with Gasteiger partial charge in [0.05, 0.1) is 13.2 Å². The van der Waals surface area contributed by atoms with Crippen molar-refractivity contribution < 1.29 is 14.3 Å². The number of Topliss-reactive ketones (excluding diaryl/α,β-unsaturated/α-hetero) is 1. The molecule has 3 nitrogen and oxygen atoms in total. The van der Waals surface area contributed by atoms with E-state index in [0.717, 1.165) is 43.8 Å². The van der Waals surface area contributed by atoms with E-state index in [0.29, 0.717) is 36.8 Å². The Morgan fingerprint density at radius 1 is 0.970 bits per heavy atom. The average molecular weight is 463 g/mol. The van der Waals surface area contributed by atoms with E-state index in [1.165, 1.54) is 35.3 Å². The summed E-state index contributed by atoms with van der Waals surface area (Å²) in [6, 6.07) is 9.40. The number of ketones is 1. The first-order chi connectivity index (χ1) is 16.0. The summed E-state index contributed by atoms with van der Waals surface area (Å²) < 4.78 is 12.1. The maximum Gasteiger partial charge on any atom is 0.188 e. The Morgan fingerprint density at radius 3 is 2.52 bits per heavy atom. The Hall–Kier alpha value is -1.36. The lowest BCUT2D eigenvalue weighted by Gasteiger charge is -2.50. The van der Waals surface area contributed by atoms with Crippen LogP contribution in [0.25, 0.3) is 0 Å². The number of carbonyl (C=O) groups excluding carboxylic acids is 1. The molecular formula is C29H34O3S. The van der Waals surface area contributed by atoms with Crippen LogP contribution in [0.3, 0.4) is 0 Å². The van der Waals surface area contributed by atoms with Crippen LogP contribution in [-0.2, 0) is 14.3 Å². The number of fused-ring (bicyclic) bond motifs is 4. The van der Waals surface area contributed by atoms with Crippen molar-refractivity contribution in [3.05, 3.63) is 52.6 Å². The van der Waals surface area contributed by atoms with Gasteiger partial charge in [-0.15, -0.1) is 11.8 Å². The lowest BCUT2D eigenvalue weighted by molar-refractivity contribution is -0.128. The van der Waals surface area contributed by atoms with Crippen LogP contribution < -0.4 is 0 Å². The van der Waals surface area contributed by atoms with E-state index in [2.05, 4.69) is 37.3 Å². The molecule has 1 heterocycles. The third kappa shape index (κ3) is 3.35. The molecule has 6 aliphatic rings. The van der Waals surface area contributed by atoms with Crippen molar-refractivity contribution in [3.63, 3.8) is 0 Å². The zero-order chi connectivity index (χ0) is 22.2. The molecule has 0 amide bonds. The fourth-order valence-electron chi connectivity index (χ4n) is 7.71. The SMILES string of the molecule is C[C@]12CC(c3ccc(SC4CC4)cc3)C3=C4CCC5(C=C4CCC3C1CCC2=O)OCCO5. The molecule has 4 atom stereocenters. The zero-order valence-corrected chi connectivity index (χ0v) is 20.4. The van der Waals surface area contributed by atoms with Crippen molar-refractivity contribution in [1.29, 1.82) is 0 Å². The topological polar surface area (TPSA) is 35.5 Å². The van der Waals surface area contributed by atoms with Crippen LogP contribution >= 0.6 is 11.8 Å². The van der Waals surface area contributed by atoms with Crippen LogP contribution in [0.5, 0.6) is 0 Å². The van der Waals surface area contributed by atoms with Crippen molar-refractivity contribution in [2.24, 2.45) is 17.3 Å². The second-order valence-electron chi connectivity index (χ2n) is 11.4. The number of rotatable bonds is 3. The average Bonchev–Trinajstić information content (AvgIpc) is 3.45. The summed E-state index contributed by atoms with van der Waals surface area (Å²) in [6.07, 6.45) is 12.1. The third-order valence-electron chi connectivity index (χ3n) is 9.49. The third-order valence-corrected chi connectivity index (χ3v) is 10.8. The van der Waals surface area contributed by atoms with Crippen LogP contribution in [-0.4, -0.2) is 30.0 Å². The highest BCUT2D eigenvalue weighted by Crippen LogP contribution is 2.63. The molecule has 0 aromatic heterocycles. The largest absolute Gasteiger partial charge is 0.344 e. The van der Waals surface area contributed by atoms with Gasteiger partial charge < -0.3 is 9.47 Å². The molecule has 0 bridgehead atoms. The van der Waals surface area contributed by atoms with Crippen LogP contribution in [0.2, 0.25) is 0 Å². The minimum atomic E-state index is -0.476. The van der Waals surface area contributed by atoms with E-state index in [1.54, 1.807) is 11.1 Å². The van der Waals surface area contributed by atoms with Crippen LogP contribution in [0.1, 0.15) is 76.2 Å².